The number of likely N-dealkylation sites (N-methyl/N-ethyl adjacent to an activating group) is 1. The Labute approximate surface area is 231 Å². The molecule has 1 aromatic heterocycles. The predicted octanol–water partition coefficient (Wildman–Crippen LogP) is 4.65. The molecule has 0 aliphatic carbocycles. The van der Waals surface area contributed by atoms with Gasteiger partial charge in [-0.15, -0.1) is 0 Å². The zero-order valence-electron chi connectivity index (χ0n) is 23.6. The molecular formula is C29H39N7O3. The molecule has 0 unspecified atom stereocenters. The number of piperidine rings is 2. The van der Waals surface area contributed by atoms with E-state index in [9.17, 15) is 14.9 Å². The van der Waals surface area contributed by atoms with E-state index in [0.717, 1.165) is 37.9 Å². The molecule has 2 saturated heterocycles. The number of carbonyl (C=O) groups excluding carboxylic acids is 2. The Bertz CT molecular complexity index is 1210. The van der Waals surface area contributed by atoms with Crippen molar-refractivity contribution in [1.82, 2.24) is 19.8 Å². The molecule has 208 valence electrons. The van der Waals surface area contributed by atoms with E-state index in [0.29, 0.717) is 37.2 Å². The average molecular weight is 534 g/mol. The molecule has 10 nitrogen and oxygen atoms in total. The third-order valence-corrected chi connectivity index (χ3v) is 7.42. The molecule has 2 aromatic rings. The molecule has 1 atom stereocenters. The lowest BCUT2D eigenvalue weighted by atomic mass is 9.89. The van der Waals surface area contributed by atoms with Crippen LogP contribution in [0.1, 0.15) is 70.6 Å². The highest BCUT2D eigenvalue weighted by atomic mass is 16.6. The van der Waals surface area contributed by atoms with Gasteiger partial charge in [0.25, 0.3) is 0 Å². The summed E-state index contributed by atoms with van der Waals surface area (Å²) >= 11 is 0. The number of rotatable bonds is 5. The van der Waals surface area contributed by atoms with Gasteiger partial charge in [-0.2, -0.15) is 5.26 Å². The summed E-state index contributed by atoms with van der Waals surface area (Å²) in [5.41, 5.74) is 1.78. The summed E-state index contributed by atoms with van der Waals surface area (Å²) in [5.74, 6) is 1.52. The van der Waals surface area contributed by atoms with E-state index in [4.69, 9.17) is 9.72 Å². The molecule has 2 aliphatic rings. The SMILES string of the molecule is CC(=O)N(C)[C@@H]1CCCN(c2cnc(C#N)c(Nc3ccc(C4CCN(C(=O)OC(C)(C)C)CC4)cc3)n2)C1. The largest absolute Gasteiger partial charge is 0.444 e. The van der Waals surface area contributed by atoms with Gasteiger partial charge in [0.2, 0.25) is 5.91 Å². The van der Waals surface area contributed by atoms with Crippen molar-refractivity contribution in [2.45, 2.75) is 70.9 Å². The number of likely N-dealkylation sites (tertiary alicyclic amines) is 1. The smallest absolute Gasteiger partial charge is 0.410 e. The van der Waals surface area contributed by atoms with Gasteiger partial charge in [-0.05, 0) is 70.1 Å². The van der Waals surface area contributed by atoms with E-state index in [1.54, 1.807) is 22.9 Å². The third kappa shape index (κ3) is 7.16. The van der Waals surface area contributed by atoms with Gasteiger partial charge >= 0.3 is 6.09 Å². The number of benzene rings is 1. The van der Waals surface area contributed by atoms with Crippen LogP contribution in [-0.2, 0) is 9.53 Å². The normalized spacial score (nSPS) is 18.3. The molecule has 2 fully saturated rings. The Kier molecular flexibility index (Phi) is 8.58. The van der Waals surface area contributed by atoms with E-state index in [1.807, 2.05) is 40.0 Å². The number of nitriles is 1. The fraction of sp³-hybridized carbons (Fsp3) is 0.552. The van der Waals surface area contributed by atoms with Crippen LogP contribution < -0.4 is 10.2 Å². The summed E-state index contributed by atoms with van der Waals surface area (Å²) in [5, 5.41) is 12.9. The maximum atomic E-state index is 12.4. The van der Waals surface area contributed by atoms with Gasteiger partial charge in [-0.1, -0.05) is 12.1 Å². The van der Waals surface area contributed by atoms with Crippen LogP contribution in [0.3, 0.4) is 0 Å². The average Bonchev–Trinajstić information content (AvgIpc) is 2.92. The number of amides is 2. The van der Waals surface area contributed by atoms with Crippen LogP contribution in [0.5, 0.6) is 0 Å². The second kappa shape index (κ2) is 11.9. The number of aromatic nitrogens is 2. The number of nitrogens with one attached hydrogen (secondary N) is 1. The highest BCUT2D eigenvalue weighted by Gasteiger charge is 2.28. The lowest BCUT2D eigenvalue weighted by Gasteiger charge is -2.37. The minimum Gasteiger partial charge on any atom is -0.444 e. The molecule has 2 amide bonds. The van der Waals surface area contributed by atoms with Crippen molar-refractivity contribution >= 4 is 29.3 Å². The summed E-state index contributed by atoms with van der Waals surface area (Å²) in [6.07, 6.45) is 5.05. The van der Waals surface area contributed by atoms with Gasteiger partial charge in [-0.25, -0.2) is 14.8 Å². The Morgan fingerprint density at radius 3 is 2.44 bits per heavy atom. The second-order valence-corrected chi connectivity index (χ2v) is 11.4. The maximum absolute atomic E-state index is 12.4. The van der Waals surface area contributed by atoms with E-state index >= 15 is 0 Å². The molecule has 39 heavy (non-hydrogen) atoms. The highest BCUT2D eigenvalue weighted by Crippen LogP contribution is 2.30. The predicted molar refractivity (Wildman–Crippen MR) is 150 cm³/mol. The Morgan fingerprint density at radius 1 is 1.13 bits per heavy atom. The van der Waals surface area contributed by atoms with Crippen LogP contribution in [0.25, 0.3) is 0 Å². The molecule has 0 radical (unpaired) electrons. The number of hydrogen-bond donors (Lipinski definition) is 1. The van der Waals surface area contributed by atoms with Crippen LogP contribution in [-0.4, -0.2) is 76.6 Å². The zero-order valence-corrected chi connectivity index (χ0v) is 23.6. The van der Waals surface area contributed by atoms with Crippen molar-refractivity contribution in [3.8, 4) is 6.07 Å². The number of anilines is 3. The fourth-order valence-corrected chi connectivity index (χ4v) is 5.13. The molecule has 4 rings (SSSR count). The van der Waals surface area contributed by atoms with Gasteiger partial charge in [0, 0.05) is 51.9 Å². The molecular weight excluding hydrogens is 494 g/mol. The first kappa shape index (κ1) is 28.1. The Balaban J connectivity index is 1.40. The van der Waals surface area contributed by atoms with Crippen molar-refractivity contribution in [1.29, 1.82) is 5.26 Å². The van der Waals surface area contributed by atoms with Crippen LogP contribution in [0.4, 0.5) is 22.1 Å². The van der Waals surface area contributed by atoms with Gasteiger partial charge in [0.05, 0.1) is 6.20 Å². The first-order valence-electron chi connectivity index (χ1n) is 13.6. The van der Waals surface area contributed by atoms with Crippen LogP contribution in [0.2, 0.25) is 0 Å². The molecule has 1 N–H and O–H groups in total. The lowest BCUT2D eigenvalue weighted by Crippen LogP contribution is -2.48. The second-order valence-electron chi connectivity index (χ2n) is 11.4. The van der Waals surface area contributed by atoms with Gasteiger partial charge in [0.15, 0.2) is 11.5 Å². The summed E-state index contributed by atoms with van der Waals surface area (Å²) in [6, 6.07) is 10.4. The van der Waals surface area contributed by atoms with Crippen molar-refractivity contribution < 1.29 is 14.3 Å². The standard InChI is InChI=1S/C29H39N7O3/c1-20(37)34(5)24-7-6-14-36(19-24)26-18-31-25(17-30)27(33-26)32-23-10-8-21(9-11-23)22-12-15-35(16-13-22)28(38)39-29(2,3)4/h8-11,18,22,24H,6-7,12-16,19H2,1-5H3,(H,32,33)/t24-/m1/s1. The first-order valence-corrected chi connectivity index (χ1v) is 13.6. The minimum atomic E-state index is -0.492. The van der Waals surface area contributed by atoms with Crippen LogP contribution >= 0.6 is 0 Å². The van der Waals surface area contributed by atoms with Gasteiger partial charge < -0.3 is 24.8 Å². The first-order chi connectivity index (χ1) is 18.5. The number of carbonyl (C=O) groups is 2. The molecule has 1 aromatic carbocycles. The minimum absolute atomic E-state index is 0.0483. The van der Waals surface area contributed by atoms with Crippen LogP contribution in [0.15, 0.2) is 30.5 Å². The van der Waals surface area contributed by atoms with E-state index in [1.165, 1.54) is 5.56 Å². The molecule has 3 heterocycles. The van der Waals surface area contributed by atoms with Crippen molar-refractivity contribution in [2.24, 2.45) is 0 Å². The van der Waals surface area contributed by atoms with Crippen LogP contribution in [0, 0.1) is 11.3 Å². The maximum Gasteiger partial charge on any atom is 0.410 e. The van der Waals surface area contributed by atoms with E-state index in [-0.39, 0.29) is 23.7 Å². The molecule has 2 aliphatic heterocycles. The summed E-state index contributed by atoms with van der Waals surface area (Å²) in [6.45, 7) is 10.1. The molecule has 0 bridgehead atoms. The Morgan fingerprint density at radius 2 is 1.82 bits per heavy atom. The van der Waals surface area contributed by atoms with E-state index in [2.05, 4.69) is 33.4 Å². The Hall–Kier alpha value is -3.87. The van der Waals surface area contributed by atoms with Gasteiger partial charge in [0.1, 0.15) is 17.5 Å². The summed E-state index contributed by atoms with van der Waals surface area (Å²) in [4.78, 5) is 39.0. The molecule has 0 saturated carbocycles. The van der Waals surface area contributed by atoms with Crippen molar-refractivity contribution in [3.63, 3.8) is 0 Å². The number of ether oxygens (including phenoxy) is 1. The molecule has 10 heteroatoms. The molecule has 0 spiro atoms. The quantitative estimate of drug-likeness (QED) is 0.591. The summed E-state index contributed by atoms with van der Waals surface area (Å²) in [7, 11) is 1.84. The lowest BCUT2D eigenvalue weighted by molar-refractivity contribution is -0.129. The van der Waals surface area contributed by atoms with Crippen molar-refractivity contribution in [2.75, 3.05) is 43.4 Å². The fourth-order valence-electron chi connectivity index (χ4n) is 5.13. The topological polar surface area (TPSA) is 115 Å². The monoisotopic (exact) mass is 533 g/mol. The van der Waals surface area contributed by atoms with E-state index < -0.39 is 5.60 Å². The third-order valence-electron chi connectivity index (χ3n) is 7.42. The number of hydrogen-bond acceptors (Lipinski definition) is 8. The summed E-state index contributed by atoms with van der Waals surface area (Å²) < 4.78 is 5.51. The number of nitrogens with zero attached hydrogens (tertiary/aromatic N) is 6. The van der Waals surface area contributed by atoms with Crippen molar-refractivity contribution in [3.05, 3.63) is 41.7 Å². The van der Waals surface area contributed by atoms with Gasteiger partial charge in [-0.3, -0.25) is 4.79 Å². The zero-order chi connectivity index (χ0) is 28.2. The highest BCUT2D eigenvalue weighted by molar-refractivity contribution is 5.73.